The van der Waals surface area contributed by atoms with E-state index >= 15 is 0 Å². The standard InChI is InChI=1S/C16H12FN3OS2/c1-23-13-8-6-11(7-9-13)19-14(18)15(22)20(16(19)21)12-4-2-10(17)3-5-12/h2-9,18H,1H3. The number of nitrogens with one attached hydrogen (secondary N) is 1. The van der Waals surface area contributed by atoms with Crippen molar-refractivity contribution in [2.45, 2.75) is 4.90 Å². The van der Waals surface area contributed by atoms with Crippen LogP contribution in [0.5, 0.6) is 0 Å². The van der Waals surface area contributed by atoms with Crippen LogP contribution in [0.25, 0.3) is 0 Å². The molecule has 0 radical (unpaired) electrons. The zero-order valence-corrected chi connectivity index (χ0v) is 13.7. The van der Waals surface area contributed by atoms with Crippen LogP contribution < -0.4 is 9.80 Å². The van der Waals surface area contributed by atoms with Crippen LogP contribution in [0.3, 0.4) is 0 Å². The highest BCUT2D eigenvalue weighted by Crippen LogP contribution is 2.29. The van der Waals surface area contributed by atoms with Gasteiger partial charge in [-0.15, -0.1) is 11.8 Å². The molecule has 1 fully saturated rings. The van der Waals surface area contributed by atoms with Gasteiger partial charge >= 0.3 is 6.03 Å². The summed E-state index contributed by atoms with van der Waals surface area (Å²) < 4.78 is 13.1. The zero-order valence-electron chi connectivity index (χ0n) is 12.1. The van der Waals surface area contributed by atoms with E-state index in [1.807, 2.05) is 18.4 Å². The minimum absolute atomic E-state index is 0.0637. The molecule has 1 heterocycles. The quantitative estimate of drug-likeness (QED) is 0.666. The van der Waals surface area contributed by atoms with Crippen molar-refractivity contribution in [3.8, 4) is 0 Å². The Balaban J connectivity index is 1.97. The first kappa shape index (κ1) is 15.6. The Morgan fingerprint density at radius 1 is 1.00 bits per heavy atom. The summed E-state index contributed by atoms with van der Waals surface area (Å²) in [4.78, 5) is 16.3. The smallest absolute Gasteiger partial charge is 0.281 e. The van der Waals surface area contributed by atoms with Crippen LogP contribution in [0.15, 0.2) is 53.4 Å². The average molecular weight is 345 g/mol. The van der Waals surface area contributed by atoms with Gasteiger partial charge in [-0.05, 0) is 54.8 Å². The van der Waals surface area contributed by atoms with Crippen LogP contribution in [0, 0.1) is 11.2 Å². The van der Waals surface area contributed by atoms with Gasteiger partial charge in [-0.25, -0.2) is 19.0 Å². The Kier molecular flexibility index (Phi) is 4.14. The highest BCUT2D eigenvalue weighted by molar-refractivity contribution is 7.98. The normalized spacial score (nSPS) is 14.8. The molecule has 1 N–H and O–H groups in total. The fourth-order valence-corrected chi connectivity index (χ4v) is 2.96. The first-order chi connectivity index (χ1) is 11.0. The number of thioether (sulfide) groups is 1. The van der Waals surface area contributed by atoms with Crippen molar-refractivity contribution < 1.29 is 9.18 Å². The van der Waals surface area contributed by atoms with Gasteiger partial charge in [0.1, 0.15) is 5.82 Å². The number of carbonyl (C=O) groups is 1. The second kappa shape index (κ2) is 6.10. The molecular weight excluding hydrogens is 333 g/mol. The Labute approximate surface area is 142 Å². The maximum atomic E-state index is 13.1. The highest BCUT2D eigenvalue weighted by atomic mass is 32.2. The van der Waals surface area contributed by atoms with E-state index < -0.39 is 11.8 Å². The molecule has 0 saturated carbocycles. The summed E-state index contributed by atoms with van der Waals surface area (Å²) in [6.07, 6.45) is 1.96. The van der Waals surface area contributed by atoms with E-state index in [0.717, 1.165) is 4.90 Å². The summed E-state index contributed by atoms with van der Waals surface area (Å²) in [5.41, 5.74) is 1.01. The number of hydrogen-bond acceptors (Lipinski definition) is 4. The Morgan fingerprint density at radius 3 is 2.09 bits per heavy atom. The lowest BCUT2D eigenvalue weighted by molar-refractivity contribution is 0.257. The van der Waals surface area contributed by atoms with E-state index in [2.05, 4.69) is 0 Å². The number of halogens is 1. The molecule has 0 aromatic heterocycles. The van der Waals surface area contributed by atoms with Crippen LogP contribution >= 0.6 is 24.0 Å². The molecule has 7 heteroatoms. The van der Waals surface area contributed by atoms with E-state index in [-0.39, 0.29) is 10.8 Å². The SMILES string of the molecule is CSc1ccc(N2C(=N)C(=S)N(c3ccc(F)cc3)C2=O)cc1. The number of nitrogens with zero attached hydrogens (tertiary/aromatic N) is 2. The molecule has 0 atom stereocenters. The molecule has 0 spiro atoms. The van der Waals surface area contributed by atoms with Gasteiger partial charge in [0, 0.05) is 4.90 Å². The number of benzene rings is 2. The third-order valence-corrected chi connectivity index (χ3v) is 4.55. The molecule has 4 nitrogen and oxygen atoms in total. The third-order valence-electron chi connectivity index (χ3n) is 3.43. The summed E-state index contributed by atoms with van der Waals surface area (Å²) in [7, 11) is 0. The molecule has 3 rings (SSSR count). The maximum Gasteiger partial charge on any atom is 0.340 e. The molecule has 1 aliphatic rings. The Hall–Kier alpha value is -2.25. The summed E-state index contributed by atoms with van der Waals surface area (Å²) >= 11 is 6.81. The molecule has 2 aromatic carbocycles. The van der Waals surface area contributed by atoms with Crippen LogP contribution in [0.4, 0.5) is 20.6 Å². The largest absolute Gasteiger partial charge is 0.340 e. The van der Waals surface area contributed by atoms with Crippen LogP contribution in [0.1, 0.15) is 0 Å². The summed E-state index contributed by atoms with van der Waals surface area (Å²) in [5, 5.41) is 8.14. The first-order valence-electron chi connectivity index (χ1n) is 6.69. The molecule has 2 aromatic rings. The molecule has 23 heavy (non-hydrogen) atoms. The molecule has 0 bridgehead atoms. The highest BCUT2D eigenvalue weighted by Gasteiger charge is 2.40. The number of anilines is 2. The maximum absolute atomic E-state index is 13.1. The lowest BCUT2D eigenvalue weighted by Crippen LogP contribution is -2.33. The van der Waals surface area contributed by atoms with E-state index in [1.165, 1.54) is 34.1 Å². The van der Waals surface area contributed by atoms with Gasteiger partial charge in [-0.3, -0.25) is 5.41 Å². The van der Waals surface area contributed by atoms with E-state index in [1.54, 1.807) is 23.9 Å². The Morgan fingerprint density at radius 2 is 1.52 bits per heavy atom. The predicted octanol–water partition coefficient (Wildman–Crippen LogP) is 4.30. The lowest BCUT2D eigenvalue weighted by atomic mass is 10.3. The number of carbonyl (C=O) groups excluding carboxylic acids is 1. The Bertz CT molecular complexity index is 790. The fourth-order valence-electron chi connectivity index (χ4n) is 2.27. The van der Waals surface area contributed by atoms with Crippen LogP contribution in [0.2, 0.25) is 0 Å². The summed E-state index contributed by atoms with van der Waals surface area (Å²) in [6, 6.07) is 12.3. The van der Waals surface area contributed by atoms with Crippen molar-refractivity contribution in [3.05, 3.63) is 54.3 Å². The van der Waals surface area contributed by atoms with Gasteiger partial charge in [0.15, 0.2) is 10.8 Å². The van der Waals surface area contributed by atoms with Crippen molar-refractivity contribution in [2.75, 3.05) is 16.1 Å². The minimum Gasteiger partial charge on any atom is -0.281 e. The van der Waals surface area contributed by atoms with Gasteiger partial charge in [0.25, 0.3) is 0 Å². The molecule has 0 unspecified atom stereocenters. The van der Waals surface area contributed by atoms with Crippen LogP contribution in [-0.2, 0) is 0 Å². The van der Waals surface area contributed by atoms with Crippen molar-refractivity contribution >= 4 is 52.2 Å². The number of rotatable bonds is 3. The topological polar surface area (TPSA) is 47.4 Å². The predicted molar refractivity (Wildman–Crippen MR) is 95.3 cm³/mol. The number of thiocarbonyl (C=S) groups is 1. The fraction of sp³-hybridized carbons (Fsp3) is 0.0625. The van der Waals surface area contributed by atoms with Crippen LogP contribution in [-0.4, -0.2) is 23.1 Å². The minimum atomic E-state index is -0.441. The zero-order chi connectivity index (χ0) is 16.6. The number of amidine groups is 1. The molecule has 2 amide bonds. The van der Waals surface area contributed by atoms with Gasteiger partial charge in [0.05, 0.1) is 11.4 Å². The second-order valence-electron chi connectivity index (χ2n) is 4.78. The summed E-state index contributed by atoms with van der Waals surface area (Å²) in [6.45, 7) is 0. The van der Waals surface area contributed by atoms with Gasteiger partial charge in [-0.1, -0.05) is 12.2 Å². The van der Waals surface area contributed by atoms with Gasteiger partial charge < -0.3 is 0 Å². The summed E-state index contributed by atoms with van der Waals surface area (Å²) in [5.74, 6) is -0.461. The van der Waals surface area contributed by atoms with Gasteiger partial charge in [-0.2, -0.15) is 0 Å². The molecular formula is C16H12FN3OS2. The lowest BCUT2D eigenvalue weighted by Gasteiger charge is -2.17. The van der Waals surface area contributed by atoms with Gasteiger partial charge in [0.2, 0.25) is 0 Å². The number of amides is 2. The first-order valence-corrected chi connectivity index (χ1v) is 8.33. The third kappa shape index (κ3) is 2.73. The monoisotopic (exact) mass is 345 g/mol. The van der Waals surface area contributed by atoms with Crippen molar-refractivity contribution in [3.63, 3.8) is 0 Å². The van der Waals surface area contributed by atoms with Crippen molar-refractivity contribution in [1.82, 2.24) is 0 Å². The molecule has 1 aliphatic heterocycles. The van der Waals surface area contributed by atoms with E-state index in [0.29, 0.717) is 11.4 Å². The second-order valence-corrected chi connectivity index (χ2v) is 6.05. The molecule has 1 saturated heterocycles. The average Bonchev–Trinajstić information content (AvgIpc) is 2.78. The van der Waals surface area contributed by atoms with E-state index in [4.69, 9.17) is 17.6 Å². The number of urea groups is 1. The number of hydrogen-bond donors (Lipinski definition) is 1. The van der Waals surface area contributed by atoms with E-state index in [9.17, 15) is 9.18 Å². The van der Waals surface area contributed by atoms with Crippen molar-refractivity contribution in [1.29, 1.82) is 5.41 Å². The molecule has 0 aliphatic carbocycles. The van der Waals surface area contributed by atoms with Crippen molar-refractivity contribution in [2.24, 2.45) is 0 Å². The molecule has 116 valence electrons.